The topological polar surface area (TPSA) is 30.3 Å². The van der Waals surface area contributed by atoms with Gasteiger partial charge >= 0.3 is 0 Å². The van der Waals surface area contributed by atoms with E-state index in [4.69, 9.17) is 0 Å². The Morgan fingerprint density at radius 1 is 1.18 bits per heavy atom. The van der Waals surface area contributed by atoms with Crippen molar-refractivity contribution in [1.29, 1.82) is 5.26 Å². The molecule has 3 heteroatoms. The number of rotatable bonds is 1. The SMILES string of the molecule is CC1CC(C#N)(N2CCCCC2)C(C)CN1C. The van der Waals surface area contributed by atoms with Crippen molar-refractivity contribution in [2.24, 2.45) is 5.92 Å². The van der Waals surface area contributed by atoms with Crippen LogP contribution in [0.1, 0.15) is 39.5 Å². The van der Waals surface area contributed by atoms with Gasteiger partial charge in [-0.05, 0) is 46.3 Å². The third-order valence-electron chi connectivity index (χ3n) is 4.85. The Labute approximate surface area is 105 Å². The molecule has 0 aromatic rings. The molecule has 0 radical (unpaired) electrons. The van der Waals surface area contributed by atoms with Crippen LogP contribution in [-0.2, 0) is 0 Å². The van der Waals surface area contributed by atoms with Crippen LogP contribution in [-0.4, -0.2) is 48.1 Å². The summed E-state index contributed by atoms with van der Waals surface area (Å²) < 4.78 is 0. The Hall–Kier alpha value is -0.590. The Kier molecular flexibility index (Phi) is 3.75. The fourth-order valence-electron chi connectivity index (χ4n) is 3.53. The average Bonchev–Trinajstić information content (AvgIpc) is 2.35. The lowest BCUT2D eigenvalue weighted by Crippen LogP contribution is -2.62. The summed E-state index contributed by atoms with van der Waals surface area (Å²) >= 11 is 0. The fraction of sp³-hybridized carbons (Fsp3) is 0.929. The summed E-state index contributed by atoms with van der Waals surface area (Å²) in [7, 11) is 2.18. The van der Waals surface area contributed by atoms with Crippen molar-refractivity contribution in [2.75, 3.05) is 26.7 Å². The Morgan fingerprint density at radius 3 is 2.41 bits per heavy atom. The third kappa shape index (κ3) is 2.21. The van der Waals surface area contributed by atoms with E-state index >= 15 is 0 Å². The molecule has 0 aromatic heterocycles. The second-order valence-electron chi connectivity index (χ2n) is 5.98. The summed E-state index contributed by atoms with van der Waals surface area (Å²) in [5, 5.41) is 9.76. The zero-order valence-corrected chi connectivity index (χ0v) is 11.4. The first-order valence-electron chi connectivity index (χ1n) is 6.96. The molecule has 2 rings (SSSR count). The second-order valence-corrected chi connectivity index (χ2v) is 5.98. The Balaban J connectivity index is 2.20. The van der Waals surface area contributed by atoms with E-state index in [0.29, 0.717) is 12.0 Å². The van der Waals surface area contributed by atoms with Gasteiger partial charge in [-0.2, -0.15) is 5.26 Å². The van der Waals surface area contributed by atoms with E-state index in [2.05, 4.69) is 36.8 Å². The van der Waals surface area contributed by atoms with Gasteiger partial charge in [0.2, 0.25) is 0 Å². The van der Waals surface area contributed by atoms with Crippen molar-refractivity contribution < 1.29 is 0 Å². The highest BCUT2D eigenvalue weighted by molar-refractivity contribution is 5.15. The van der Waals surface area contributed by atoms with Gasteiger partial charge in [-0.3, -0.25) is 4.90 Å². The van der Waals surface area contributed by atoms with E-state index in [9.17, 15) is 5.26 Å². The van der Waals surface area contributed by atoms with Crippen molar-refractivity contribution in [3.8, 4) is 6.07 Å². The molecule has 3 unspecified atom stereocenters. The van der Waals surface area contributed by atoms with Crippen molar-refractivity contribution in [1.82, 2.24) is 9.80 Å². The molecular weight excluding hydrogens is 210 g/mol. The predicted octanol–water partition coefficient (Wildman–Crippen LogP) is 2.09. The summed E-state index contributed by atoms with van der Waals surface area (Å²) in [5.74, 6) is 0.451. The molecule has 3 nitrogen and oxygen atoms in total. The predicted molar refractivity (Wildman–Crippen MR) is 69.6 cm³/mol. The minimum absolute atomic E-state index is 0.202. The van der Waals surface area contributed by atoms with Crippen molar-refractivity contribution in [3.63, 3.8) is 0 Å². The summed E-state index contributed by atoms with van der Waals surface area (Å²) in [6.07, 6.45) is 4.86. The van der Waals surface area contributed by atoms with Crippen molar-refractivity contribution in [3.05, 3.63) is 0 Å². The molecule has 2 heterocycles. The lowest BCUT2D eigenvalue weighted by molar-refractivity contribution is -0.00961. The van der Waals surface area contributed by atoms with Crippen LogP contribution in [0.25, 0.3) is 0 Å². The van der Waals surface area contributed by atoms with Crippen molar-refractivity contribution >= 4 is 0 Å². The largest absolute Gasteiger partial charge is 0.303 e. The van der Waals surface area contributed by atoms with Crippen LogP contribution >= 0.6 is 0 Å². The zero-order chi connectivity index (χ0) is 12.5. The Morgan fingerprint density at radius 2 is 1.82 bits per heavy atom. The normalized spacial score (nSPS) is 41.1. The fourth-order valence-corrected chi connectivity index (χ4v) is 3.53. The third-order valence-corrected chi connectivity index (χ3v) is 4.85. The molecular formula is C14H25N3. The maximum atomic E-state index is 9.76. The Bertz CT molecular complexity index is 303. The molecule has 0 N–H and O–H groups in total. The lowest BCUT2D eigenvalue weighted by atomic mass is 9.75. The van der Waals surface area contributed by atoms with Crippen LogP contribution in [0, 0.1) is 17.2 Å². The maximum Gasteiger partial charge on any atom is 0.114 e. The van der Waals surface area contributed by atoms with Crippen molar-refractivity contribution in [2.45, 2.75) is 51.1 Å². The highest BCUT2D eigenvalue weighted by Crippen LogP contribution is 2.37. The molecule has 17 heavy (non-hydrogen) atoms. The van der Waals surface area contributed by atoms with Gasteiger partial charge in [0.15, 0.2) is 0 Å². The van der Waals surface area contributed by atoms with Gasteiger partial charge in [0, 0.05) is 18.5 Å². The first kappa shape index (κ1) is 12.9. The molecule has 0 amide bonds. The van der Waals surface area contributed by atoms with Crippen LogP contribution in [0.4, 0.5) is 0 Å². The quantitative estimate of drug-likeness (QED) is 0.697. The number of hydrogen-bond acceptors (Lipinski definition) is 3. The molecule has 0 aliphatic carbocycles. The number of piperidine rings is 2. The average molecular weight is 235 g/mol. The first-order chi connectivity index (χ1) is 8.10. The number of nitrogens with zero attached hydrogens (tertiary/aromatic N) is 3. The maximum absolute atomic E-state index is 9.76. The number of nitriles is 1. The van der Waals surface area contributed by atoms with Crippen LogP contribution in [0.15, 0.2) is 0 Å². The molecule has 0 bridgehead atoms. The van der Waals surface area contributed by atoms with Crippen LogP contribution in [0.2, 0.25) is 0 Å². The molecule has 96 valence electrons. The molecule has 2 saturated heterocycles. The molecule has 2 fully saturated rings. The van der Waals surface area contributed by atoms with Gasteiger partial charge in [0.05, 0.1) is 6.07 Å². The van der Waals surface area contributed by atoms with E-state index in [-0.39, 0.29) is 5.54 Å². The molecule has 0 saturated carbocycles. The van der Waals surface area contributed by atoms with Gasteiger partial charge in [-0.1, -0.05) is 13.3 Å². The van der Waals surface area contributed by atoms with Gasteiger partial charge in [0.25, 0.3) is 0 Å². The van der Waals surface area contributed by atoms with Crippen LogP contribution in [0.5, 0.6) is 0 Å². The highest BCUT2D eigenvalue weighted by atomic mass is 15.2. The summed E-state index contributed by atoms with van der Waals surface area (Å²) in [4.78, 5) is 4.87. The lowest BCUT2D eigenvalue weighted by Gasteiger charge is -2.51. The van der Waals surface area contributed by atoms with Gasteiger partial charge < -0.3 is 4.90 Å². The van der Waals surface area contributed by atoms with Gasteiger partial charge in [-0.15, -0.1) is 0 Å². The van der Waals surface area contributed by atoms with E-state index in [1.165, 1.54) is 19.3 Å². The van der Waals surface area contributed by atoms with E-state index in [1.54, 1.807) is 0 Å². The summed E-state index contributed by atoms with van der Waals surface area (Å²) in [6, 6.07) is 3.21. The molecule has 2 aliphatic rings. The highest BCUT2D eigenvalue weighted by Gasteiger charge is 2.47. The monoisotopic (exact) mass is 235 g/mol. The molecule has 0 aromatic carbocycles. The second kappa shape index (κ2) is 4.96. The molecule has 3 atom stereocenters. The van der Waals surface area contributed by atoms with Gasteiger partial charge in [0.1, 0.15) is 5.54 Å². The van der Waals surface area contributed by atoms with E-state index in [0.717, 1.165) is 26.1 Å². The smallest absolute Gasteiger partial charge is 0.114 e. The number of likely N-dealkylation sites (tertiary alicyclic amines) is 2. The van der Waals surface area contributed by atoms with Crippen LogP contribution < -0.4 is 0 Å². The molecule has 0 spiro atoms. The summed E-state index contributed by atoms with van der Waals surface area (Å²) in [6.45, 7) is 7.79. The van der Waals surface area contributed by atoms with Gasteiger partial charge in [-0.25, -0.2) is 0 Å². The van der Waals surface area contributed by atoms with E-state index in [1.807, 2.05) is 0 Å². The standard InChI is InChI=1S/C14H25N3/c1-12-10-16(3)13(2)9-14(12,11-15)17-7-5-4-6-8-17/h12-13H,4-10H2,1-3H3. The molecule has 2 aliphatic heterocycles. The van der Waals surface area contributed by atoms with Crippen LogP contribution in [0.3, 0.4) is 0 Å². The summed E-state index contributed by atoms with van der Waals surface area (Å²) in [5.41, 5.74) is -0.202. The zero-order valence-electron chi connectivity index (χ0n) is 11.4. The minimum atomic E-state index is -0.202. The van der Waals surface area contributed by atoms with E-state index < -0.39 is 0 Å². The first-order valence-corrected chi connectivity index (χ1v) is 6.96. The minimum Gasteiger partial charge on any atom is -0.303 e. The number of hydrogen-bond donors (Lipinski definition) is 0.